The lowest BCUT2D eigenvalue weighted by Gasteiger charge is -1.83. The second-order valence-electron chi connectivity index (χ2n) is 1.53. The summed E-state index contributed by atoms with van der Waals surface area (Å²) in [6.07, 6.45) is 5.82. The Hall–Kier alpha value is 0.170. The van der Waals surface area contributed by atoms with Crippen molar-refractivity contribution in [3.8, 4) is 0 Å². The molecule has 0 amide bonds. The molecule has 0 spiro atoms. The fraction of sp³-hybridized carbons (Fsp3) is 0.667. The van der Waals surface area contributed by atoms with Crippen LogP contribution < -0.4 is 0 Å². The van der Waals surface area contributed by atoms with Crippen LogP contribution in [0.15, 0.2) is 11.9 Å². The van der Waals surface area contributed by atoms with Gasteiger partial charge in [-0.25, -0.2) is 0 Å². The van der Waals surface area contributed by atoms with Gasteiger partial charge in [-0.2, -0.15) is 0 Å². The summed E-state index contributed by atoms with van der Waals surface area (Å²) >= 11 is 0. The third-order valence-electron chi connectivity index (χ3n) is 0.830. The molecule has 0 N–H and O–H groups in total. The lowest BCUT2D eigenvalue weighted by molar-refractivity contribution is 0.815. The van der Waals surface area contributed by atoms with Crippen molar-refractivity contribution < 1.29 is 0 Å². The minimum absolute atomic E-state index is 1.18. The molecule has 0 rings (SSSR count). The highest BCUT2D eigenvalue weighted by Gasteiger charge is 1.73. The van der Waals surface area contributed by atoms with E-state index in [1.807, 2.05) is 0 Å². The second kappa shape index (κ2) is 6.17. The maximum atomic E-state index is 3.91. The van der Waals surface area contributed by atoms with Gasteiger partial charge in [0.15, 0.2) is 0 Å². The van der Waals surface area contributed by atoms with Crippen molar-refractivity contribution in [1.29, 1.82) is 0 Å². The Morgan fingerprint density at radius 2 is 2.29 bits per heavy atom. The molecule has 0 aliphatic heterocycles. The number of hydrogen-bond donors (Lipinski definition) is 0. The molecule has 2 radical (unpaired) electrons. The van der Waals surface area contributed by atoms with Crippen molar-refractivity contribution in [2.24, 2.45) is 0 Å². The molecule has 0 bridgehead atoms. The molecular formula is C6H11P. The van der Waals surface area contributed by atoms with Gasteiger partial charge in [0, 0.05) is 0 Å². The minimum Gasteiger partial charge on any atom is -0.0834 e. The fourth-order valence-electron chi connectivity index (χ4n) is 0.397. The maximum Gasteiger partial charge on any atom is -0.0146 e. The zero-order valence-electron chi connectivity index (χ0n) is 4.72. The van der Waals surface area contributed by atoms with E-state index in [2.05, 4.69) is 22.2 Å². The molecule has 0 saturated heterocycles. The van der Waals surface area contributed by atoms with Gasteiger partial charge in [-0.15, -0.1) is 0 Å². The van der Waals surface area contributed by atoms with Gasteiger partial charge in [0.1, 0.15) is 0 Å². The molecule has 0 saturated carbocycles. The summed E-state index contributed by atoms with van der Waals surface area (Å²) in [4.78, 5) is 0. The highest BCUT2D eigenvalue weighted by atomic mass is 31.0. The first kappa shape index (κ1) is 7.17. The largest absolute Gasteiger partial charge is 0.0834 e. The van der Waals surface area contributed by atoms with E-state index in [-0.39, 0.29) is 0 Å². The third-order valence-corrected chi connectivity index (χ3v) is 1.04. The SMILES string of the molecule is CCCCC=C[P]. The van der Waals surface area contributed by atoms with E-state index in [4.69, 9.17) is 0 Å². The molecule has 0 aromatic carbocycles. The lowest BCUT2D eigenvalue weighted by atomic mass is 10.2. The molecular weight excluding hydrogens is 103 g/mol. The molecule has 0 unspecified atom stereocenters. The van der Waals surface area contributed by atoms with Crippen LogP contribution in [-0.4, -0.2) is 0 Å². The number of allylic oxidation sites excluding steroid dienone is 1. The van der Waals surface area contributed by atoms with Crippen molar-refractivity contribution >= 4 is 9.24 Å². The first-order chi connectivity index (χ1) is 3.41. The monoisotopic (exact) mass is 114 g/mol. The summed E-state index contributed by atoms with van der Waals surface area (Å²) < 4.78 is 0. The van der Waals surface area contributed by atoms with E-state index in [1.54, 1.807) is 5.82 Å². The second-order valence-corrected chi connectivity index (χ2v) is 1.83. The van der Waals surface area contributed by atoms with Crippen LogP contribution >= 0.6 is 9.24 Å². The zero-order chi connectivity index (χ0) is 5.54. The Morgan fingerprint density at radius 3 is 2.71 bits per heavy atom. The standard InChI is InChI=1S/C6H11P/c1-2-3-4-5-6-7/h5-6H,2-4H2,1H3. The van der Waals surface area contributed by atoms with Gasteiger partial charge in [0.25, 0.3) is 0 Å². The third kappa shape index (κ3) is 6.17. The molecule has 0 fully saturated rings. The van der Waals surface area contributed by atoms with Crippen molar-refractivity contribution in [2.45, 2.75) is 26.2 Å². The molecule has 0 heterocycles. The molecule has 40 valence electrons. The smallest absolute Gasteiger partial charge is 0.0146 e. The molecule has 0 aromatic heterocycles. The number of hydrogen-bond acceptors (Lipinski definition) is 0. The Labute approximate surface area is 48.2 Å². The summed E-state index contributed by atoms with van der Waals surface area (Å²) in [5, 5.41) is 0. The first-order valence-electron chi connectivity index (χ1n) is 2.71. The normalized spacial score (nSPS) is 10.6. The predicted octanol–water partition coefficient (Wildman–Crippen LogP) is 3.10. The molecule has 0 aliphatic carbocycles. The van der Waals surface area contributed by atoms with Crippen LogP contribution in [0.3, 0.4) is 0 Å². The first-order valence-corrected chi connectivity index (χ1v) is 3.22. The van der Waals surface area contributed by atoms with Crippen molar-refractivity contribution in [2.75, 3.05) is 0 Å². The van der Waals surface area contributed by atoms with E-state index in [0.29, 0.717) is 0 Å². The lowest BCUT2D eigenvalue weighted by Crippen LogP contribution is -1.62. The average Bonchev–Trinajstić information content (AvgIpc) is 1.69. The van der Waals surface area contributed by atoms with Crippen LogP contribution in [0.25, 0.3) is 0 Å². The van der Waals surface area contributed by atoms with Crippen molar-refractivity contribution in [3.63, 3.8) is 0 Å². The van der Waals surface area contributed by atoms with Crippen LogP contribution in [0.5, 0.6) is 0 Å². The van der Waals surface area contributed by atoms with E-state index >= 15 is 0 Å². The van der Waals surface area contributed by atoms with Gasteiger partial charge < -0.3 is 0 Å². The fourth-order valence-corrected chi connectivity index (χ4v) is 0.546. The molecule has 0 atom stereocenters. The number of unbranched alkanes of at least 4 members (excludes halogenated alkanes) is 2. The van der Waals surface area contributed by atoms with Gasteiger partial charge in [-0.3, -0.25) is 0 Å². The van der Waals surface area contributed by atoms with E-state index in [1.165, 1.54) is 19.3 Å². The van der Waals surface area contributed by atoms with E-state index in [9.17, 15) is 0 Å². The highest BCUT2D eigenvalue weighted by Crippen LogP contribution is 1.95. The Kier molecular flexibility index (Phi) is 6.32. The van der Waals surface area contributed by atoms with Gasteiger partial charge >= 0.3 is 0 Å². The summed E-state index contributed by atoms with van der Waals surface area (Å²) in [6, 6.07) is 0. The van der Waals surface area contributed by atoms with Crippen LogP contribution in [0, 0.1) is 0 Å². The van der Waals surface area contributed by atoms with Crippen LogP contribution in [0.4, 0.5) is 0 Å². The number of rotatable bonds is 3. The van der Waals surface area contributed by atoms with Crippen molar-refractivity contribution in [3.05, 3.63) is 11.9 Å². The van der Waals surface area contributed by atoms with Gasteiger partial charge in [-0.05, 0) is 15.7 Å². The quantitative estimate of drug-likeness (QED) is 0.390. The maximum absolute atomic E-state index is 3.91. The summed E-state index contributed by atoms with van der Waals surface area (Å²) in [7, 11) is 3.91. The molecule has 7 heavy (non-hydrogen) atoms. The average molecular weight is 114 g/mol. The zero-order valence-corrected chi connectivity index (χ0v) is 5.62. The van der Waals surface area contributed by atoms with Gasteiger partial charge in [0.2, 0.25) is 0 Å². The highest BCUT2D eigenvalue weighted by molar-refractivity contribution is 7.20. The molecule has 1 heteroatoms. The molecule has 0 nitrogen and oxygen atoms in total. The van der Waals surface area contributed by atoms with E-state index < -0.39 is 0 Å². The summed E-state index contributed by atoms with van der Waals surface area (Å²) in [5.41, 5.74) is 0. The van der Waals surface area contributed by atoms with E-state index in [0.717, 1.165) is 0 Å². The topological polar surface area (TPSA) is 0 Å². The molecule has 0 aromatic rings. The Bertz CT molecular complexity index is 48.1. The predicted molar refractivity (Wildman–Crippen MR) is 35.6 cm³/mol. The minimum atomic E-state index is 1.18. The van der Waals surface area contributed by atoms with Crippen LogP contribution in [-0.2, 0) is 0 Å². The van der Waals surface area contributed by atoms with Gasteiger partial charge in [-0.1, -0.05) is 31.7 Å². The Morgan fingerprint density at radius 1 is 1.57 bits per heavy atom. The summed E-state index contributed by atoms with van der Waals surface area (Å²) in [5.74, 6) is 1.80. The Balaban J connectivity index is 2.69. The van der Waals surface area contributed by atoms with Crippen LogP contribution in [0.2, 0.25) is 0 Å². The summed E-state index contributed by atoms with van der Waals surface area (Å²) in [6.45, 7) is 2.19. The van der Waals surface area contributed by atoms with Crippen molar-refractivity contribution in [1.82, 2.24) is 0 Å². The van der Waals surface area contributed by atoms with Gasteiger partial charge in [0.05, 0.1) is 0 Å². The molecule has 0 aliphatic rings. The van der Waals surface area contributed by atoms with Crippen LogP contribution in [0.1, 0.15) is 26.2 Å².